The van der Waals surface area contributed by atoms with Gasteiger partial charge in [-0.05, 0) is 66.4 Å². The molecule has 0 aliphatic carbocycles. The van der Waals surface area contributed by atoms with E-state index in [0.29, 0.717) is 22.4 Å². The summed E-state index contributed by atoms with van der Waals surface area (Å²) in [5.41, 5.74) is 11.1. The first-order valence-electron chi connectivity index (χ1n) is 12.7. The standard InChI is InChI=1S/C32H27F2N3O2/c1-19-29(28-8-2-3-10-30(28)37-19)18-26(38)16-23(12-20-13-24(33)17-25(34)14-20)31-27(9-5-11-36-31)21-6-4-7-22(15-21)32(35)39/h2-11,13-15,17,23,37H,12,16,18H2,1H3,(H2,35,39)/t23-/m1/s1. The summed E-state index contributed by atoms with van der Waals surface area (Å²) in [6, 6.07) is 21.7. The molecule has 5 rings (SSSR count). The Bertz CT molecular complexity index is 1670. The lowest BCUT2D eigenvalue weighted by Crippen LogP contribution is -2.15. The third-order valence-corrected chi connectivity index (χ3v) is 6.96. The minimum Gasteiger partial charge on any atom is -0.366 e. The zero-order valence-corrected chi connectivity index (χ0v) is 21.4. The van der Waals surface area contributed by atoms with Gasteiger partial charge in [0, 0.05) is 58.7 Å². The number of carbonyl (C=O) groups excluding carboxylic acids is 2. The van der Waals surface area contributed by atoms with Crippen LogP contribution in [0.5, 0.6) is 0 Å². The van der Waals surface area contributed by atoms with Crippen LogP contribution in [0.4, 0.5) is 8.78 Å². The maximum Gasteiger partial charge on any atom is 0.248 e. The molecule has 2 heterocycles. The van der Waals surface area contributed by atoms with E-state index < -0.39 is 23.5 Å². The average molecular weight is 524 g/mol. The van der Waals surface area contributed by atoms with Crippen LogP contribution in [0, 0.1) is 18.6 Å². The Kier molecular flexibility index (Phi) is 7.32. The van der Waals surface area contributed by atoms with Crippen molar-refractivity contribution >= 4 is 22.6 Å². The quantitative estimate of drug-likeness (QED) is 0.233. The van der Waals surface area contributed by atoms with Crippen molar-refractivity contribution in [1.82, 2.24) is 9.97 Å². The van der Waals surface area contributed by atoms with Crippen molar-refractivity contribution in [1.29, 1.82) is 0 Å². The van der Waals surface area contributed by atoms with E-state index in [9.17, 15) is 18.4 Å². The molecule has 39 heavy (non-hydrogen) atoms. The van der Waals surface area contributed by atoms with Crippen molar-refractivity contribution < 1.29 is 18.4 Å². The molecule has 1 amide bonds. The van der Waals surface area contributed by atoms with E-state index in [0.717, 1.165) is 33.8 Å². The zero-order valence-electron chi connectivity index (χ0n) is 21.4. The molecular weight excluding hydrogens is 496 g/mol. The lowest BCUT2D eigenvalue weighted by molar-refractivity contribution is -0.118. The molecule has 2 aromatic heterocycles. The number of nitrogens with one attached hydrogen (secondary N) is 1. The number of amides is 1. The highest BCUT2D eigenvalue weighted by atomic mass is 19.1. The van der Waals surface area contributed by atoms with Crippen molar-refractivity contribution in [2.24, 2.45) is 5.73 Å². The second-order valence-corrected chi connectivity index (χ2v) is 9.75. The number of aromatic nitrogens is 2. The topological polar surface area (TPSA) is 88.8 Å². The van der Waals surface area contributed by atoms with Gasteiger partial charge in [-0.3, -0.25) is 14.6 Å². The summed E-state index contributed by atoms with van der Waals surface area (Å²) in [6.07, 6.45) is 2.15. The highest BCUT2D eigenvalue weighted by Gasteiger charge is 2.24. The van der Waals surface area contributed by atoms with Gasteiger partial charge in [0.05, 0.1) is 5.69 Å². The Morgan fingerprint density at radius 2 is 1.72 bits per heavy atom. The maximum atomic E-state index is 14.1. The molecule has 0 aliphatic heterocycles. The van der Waals surface area contributed by atoms with E-state index in [1.54, 1.807) is 30.5 Å². The molecule has 0 radical (unpaired) electrons. The summed E-state index contributed by atoms with van der Waals surface area (Å²) >= 11 is 0. The van der Waals surface area contributed by atoms with Gasteiger partial charge in [0.2, 0.25) is 5.91 Å². The second kappa shape index (κ2) is 11.0. The van der Waals surface area contributed by atoms with E-state index in [1.165, 1.54) is 12.1 Å². The number of rotatable bonds is 9. The molecule has 0 fully saturated rings. The molecule has 0 aliphatic rings. The number of aromatic amines is 1. The minimum atomic E-state index is -0.681. The van der Waals surface area contributed by atoms with Gasteiger partial charge in [-0.1, -0.05) is 36.4 Å². The summed E-state index contributed by atoms with van der Waals surface area (Å²) in [7, 11) is 0. The van der Waals surface area contributed by atoms with Gasteiger partial charge in [0.1, 0.15) is 17.4 Å². The van der Waals surface area contributed by atoms with Crippen molar-refractivity contribution in [2.45, 2.75) is 32.1 Å². The molecule has 5 nitrogen and oxygen atoms in total. The van der Waals surface area contributed by atoms with Gasteiger partial charge in [0.25, 0.3) is 0 Å². The van der Waals surface area contributed by atoms with Gasteiger partial charge in [-0.15, -0.1) is 0 Å². The van der Waals surface area contributed by atoms with E-state index in [2.05, 4.69) is 9.97 Å². The van der Waals surface area contributed by atoms with Crippen LogP contribution in [0.2, 0.25) is 0 Å². The van der Waals surface area contributed by atoms with Gasteiger partial charge < -0.3 is 10.7 Å². The molecule has 0 saturated carbocycles. The molecule has 3 aromatic carbocycles. The van der Waals surface area contributed by atoms with E-state index in [4.69, 9.17) is 5.73 Å². The predicted molar refractivity (Wildman–Crippen MR) is 147 cm³/mol. The van der Waals surface area contributed by atoms with Crippen LogP contribution in [0.3, 0.4) is 0 Å². The zero-order chi connectivity index (χ0) is 27.5. The number of nitrogens with zero attached hydrogens (tertiary/aromatic N) is 1. The van der Waals surface area contributed by atoms with E-state index in [-0.39, 0.29) is 25.0 Å². The molecule has 196 valence electrons. The fraction of sp³-hybridized carbons (Fsp3) is 0.156. The molecule has 3 N–H and O–H groups in total. The Morgan fingerprint density at radius 3 is 2.49 bits per heavy atom. The largest absolute Gasteiger partial charge is 0.366 e. The second-order valence-electron chi connectivity index (χ2n) is 9.75. The fourth-order valence-corrected chi connectivity index (χ4v) is 5.21. The maximum absolute atomic E-state index is 14.1. The van der Waals surface area contributed by atoms with Crippen LogP contribution in [-0.4, -0.2) is 21.7 Å². The molecule has 0 unspecified atom stereocenters. The number of primary amides is 1. The van der Waals surface area contributed by atoms with E-state index in [1.807, 2.05) is 43.3 Å². The van der Waals surface area contributed by atoms with Crippen molar-refractivity contribution in [3.8, 4) is 11.1 Å². The number of halogens is 2. The monoisotopic (exact) mass is 523 g/mol. The first-order valence-corrected chi connectivity index (χ1v) is 12.7. The van der Waals surface area contributed by atoms with Gasteiger partial charge >= 0.3 is 0 Å². The predicted octanol–water partition coefficient (Wildman–Crippen LogP) is 6.44. The molecule has 1 atom stereocenters. The smallest absolute Gasteiger partial charge is 0.248 e. The Hall–Kier alpha value is -4.65. The first kappa shape index (κ1) is 26.0. The Labute approximate surface area is 224 Å². The molecule has 0 saturated heterocycles. The molecular formula is C32H27F2N3O2. The summed E-state index contributed by atoms with van der Waals surface area (Å²) in [6.45, 7) is 1.94. The Morgan fingerprint density at radius 1 is 0.949 bits per heavy atom. The van der Waals surface area contributed by atoms with Gasteiger partial charge in [-0.25, -0.2) is 8.78 Å². The minimum absolute atomic E-state index is 0.0211. The first-order chi connectivity index (χ1) is 18.8. The van der Waals surface area contributed by atoms with Crippen LogP contribution in [0.15, 0.2) is 85.1 Å². The van der Waals surface area contributed by atoms with Crippen LogP contribution in [0.1, 0.15) is 45.2 Å². The third kappa shape index (κ3) is 5.77. The lowest BCUT2D eigenvalue weighted by atomic mass is 9.85. The van der Waals surface area contributed by atoms with E-state index >= 15 is 0 Å². The highest BCUT2D eigenvalue weighted by Crippen LogP contribution is 2.34. The summed E-state index contributed by atoms with van der Waals surface area (Å²) in [5.74, 6) is -2.41. The summed E-state index contributed by atoms with van der Waals surface area (Å²) in [4.78, 5) is 33.3. The lowest BCUT2D eigenvalue weighted by Gasteiger charge is -2.20. The molecule has 0 bridgehead atoms. The normalized spacial score (nSPS) is 12.0. The number of ketones is 1. The highest BCUT2D eigenvalue weighted by molar-refractivity contribution is 5.94. The van der Waals surface area contributed by atoms with Gasteiger partial charge in [-0.2, -0.15) is 0 Å². The van der Waals surface area contributed by atoms with Crippen LogP contribution < -0.4 is 5.73 Å². The summed E-state index contributed by atoms with van der Waals surface area (Å²) in [5, 5.41) is 0.994. The van der Waals surface area contributed by atoms with Gasteiger partial charge in [0.15, 0.2) is 0 Å². The third-order valence-electron chi connectivity index (χ3n) is 6.96. The number of para-hydroxylation sites is 1. The summed E-state index contributed by atoms with van der Waals surface area (Å²) < 4.78 is 28.2. The number of hydrogen-bond donors (Lipinski definition) is 2. The van der Waals surface area contributed by atoms with Crippen LogP contribution in [0.25, 0.3) is 22.0 Å². The fourth-order valence-electron chi connectivity index (χ4n) is 5.21. The SMILES string of the molecule is Cc1[nH]c2ccccc2c1CC(=O)C[C@@H](Cc1cc(F)cc(F)c1)c1ncccc1-c1cccc(C(N)=O)c1. The van der Waals surface area contributed by atoms with Crippen molar-refractivity contribution in [2.75, 3.05) is 0 Å². The average Bonchev–Trinajstić information content (AvgIpc) is 3.22. The van der Waals surface area contributed by atoms with Crippen molar-refractivity contribution in [3.63, 3.8) is 0 Å². The van der Waals surface area contributed by atoms with Crippen molar-refractivity contribution in [3.05, 3.63) is 125 Å². The number of carbonyl (C=O) groups is 2. The number of benzene rings is 3. The number of H-pyrrole nitrogens is 1. The van der Waals surface area contributed by atoms with Crippen LogP contribution >= 0.6 is 0 Å². The number of fused-ring (bicyclic) bond motifs is 1. The number of hydrogen-bond acceptors (Lipinski definition) is 3. The number of Topliss-reactive ketones (excluding diaryl/α,β-unsaturated/α-hetero) is 1. The van der Waals surface area contributed by atoms with Crippen LogP contribution in [-0.2, 0) is 17.6 Å². The Balaban J connectivity index is 1.53. The number of pyridine rings is 1. The molecule has 5 aromatic rings. The number of nitrogens with two attached hydrogens (primary N) is 1. The number of aryl methyl sites for hydroxylation is 1. The molecule has 7 heteroatoms. The molecule has 0 spiro atoms.